The summed E-state index contributed by atoms with van der Waals surface area (Å²) in [5.41, 5.74) is 8.16. The van der Waals surface area contributed by atoms with Gasteiger partial charge in [-0.2, -0.15) is 0 Å². The van der Waals surface area contributed by atoms with E-state index in [0.717, 1.165) is 11.1 Å². The second-order valence-electron chi connectivity index (χ2n) is 7.60. The van der Waals surface area contributed by atoms with Crippen LogP contribution in [0.15, 0.2) is 84.1 Å². The van der Waals surface area contributed by atoms with Crippen molar-refractivity contribution in [3.05, 3.63) is 95.2 Å². The number of ether oxygens (including phenoxy) is 2. The number of nitrogens with zero attached hydrogens (tertiary/aromatic N) is 1. The number of rotatable bonds is 7. The maximum absolute atomic E-state index is 13.5. The van der Waals surface area contributed by atoms with Gasteiger partial charge in [-0.1, -0.05) is 66.7 Å². The molecule has 7 nitrogen and oxygen atoms in total. The largest absolute Gasteiger partial charge is 0.458 e. The van der Waals surface area contributed by atoms with Gasteiger partial charge in [-0.05, 0) is 18.1 Å². The monoisotopic (exact) mass is 464 g/mol. The average molecular weight is 465 g/mol. The molecule has 0 saturated carbocycles. The third-order valence-corrected chi connectivity index (χ3v) is 6.76. The maximum atomic E-state index is 13.5. The third-order valence-electron chi connectivity index (χ3n) is 5.40. The number of fused-ring (bicyclic) bond motifs is 1. The van der Waals surface area contributed by atoms with Gasteiger partial charge >= 0.3 is 11.9 Å². The van der Waals surface area contributed by atoms with Crippen molar-refractivity contribution in [2.75, 3.05) is 12.4 Å². The molecule has 33 heavy (non-hydrogen) atoms. The summed E-state index contributed by atoms with van der Waals surface area (Å²) in [6.45, 7) is 1.59. The van der Waals surface area contributed by atoms with Crippen LogP contribution >= 0.6 is 11.8 Å². The minimum atomic E-state index is -0.677. The Morgan fingerprint density at radius 3 is 2.30 bits per heavy atom. The molecule has 2 atom stereocenters. The van der Waals surface area contributed by atoms with Gasteiger partial charge in [0.2, 0.25) is 5.91 Å². The number of nitrogens with two attached hydrogens (primary N) is 1. The van der Waals surface area contributed by atoms with Crippen LogP contribution in [0.3, 0.4) is 0 Å². The SMILES string of the molecule is C/C=C/C(=O)OCC1=C(C(=O)OC(c2ccccc2)c2ccccc2)N2C(=O)[C@@H](N)[C@@H]2SC1. The summed E-state index contributed by atoms with van der Waals surface area (Å²) in [7, 11) is 0. The van der Waals surface area contributed by atoms with E-state index in [1.165, 1.54) is 22.7 Å². The summed E-state index contributed by atoms with van der Waals surface area (Å²) in [4.78, 5) is 39.2. The molecule has 0 bridgehead atoms. The third kappa shape index (κ3) is 4.72. The van der Waals surface area contributed by atoms with E-state index in [4.69, 9.17) is 15.2 Å². The number of β-lactam (4-membered cyclic amide) rings is 1. The van der Waals surface area contributed by atoms with Crippen LogP contribution in [0.5, 0.6) is 0 Å². The molecule has 0 unspecified atom stereocenters. The lowest BCUT2D eigenvalue weighted by Gasteiger charge is -2.48. The predicted octanol–water partition coefficient (Wildman–Crippen LogP) is 2.94. The summed E-state index contributed by atoms with van der Waals surface area (Å²) < 4.78 is 11.3. The Bertz CT molecular complexity index is 1060. The normalized spacial score (nSPS) is 20.0. The molecule has 2 aromatic carbocycles. The van der Waals surface area contributed by atoms with Crippen molar-refractivity contribution in [1.29, 1.82) is 0 Å². The minimum absolute atomic E-state index is 0.107. The van der Waals surface area contributed by atoms with Gasteiger partial charge < -0.3 is 15.2 Å². The zero-order valence-electron chi connectivity index (χ0n) is 18.0. The molecule has 170 valence electrons. The highest BCUT2D eigenvalue weighted by Gasteiger charge is 2.52. The summed E-state index contributed by atoms with van der Waals surface area (Å²) in [5.74, 6) is -1.14. The first kappa shape index (κ1) is 22.8. The van der Waals surface area contributed by atoms with Crippen LogP contribution in [0.25, 0.3) is 0 Å². The molecule has 2 N–H and O–H groups in total. The molecular formula is C25H24N2O5S. The predicted molar refractivity (Wildman–Crippen MR) is 125 cm³/mol. The number of benzene rings is 2. The van der Waals surface area contributed by atoms with Crippen molar-refractivity contribution in [2.24, 2.45) is 5.73 Å². The highest BCUT2D eigenvalue weighted by atomic mass is 32.2. The first-order chi connectivity index (χ1) is 16.0. The number of amides is 1. The Balaban J connectivity index is 1.66. The van der Waals surface area contributed by atoms with Crippen molar-refractivity contribution < 1.29 is 23.9 Å². The molecule has 2 heterocycles. The number of carbonyl (C=O) groups excluding carboxylic acids is 3. The smallest absolute Gasteiger partial charge is 0.356 e. The average Bonchev–Trinajstić information content (AvgIpc) is 2.86. The van der Waals surface area contributed by atoms with E-state index in [2.05, 4.69) is 0 Å². The molecule has 2 aromatic rings. The fourth-order valence-corrected chi connectivity index (χ4v) is 5.04. The minimum Gasteiger partial charge on any atom is -0.458 e. The van der Waals surface area contributed by atoms with Crippen molar-refractivity contribution in [3.8, 4) is 0 Å². The standard InChI is InChI=1S/C25H24N2O5S/c1-2-9-19(28)31-14-18-15-33-24-20(26)23(29)27(24)21(18)25(30)32-22(16-10-5-3-6-11-16)17-12-7-4-8-13-17/h2-13,20,22,24H,14-15,26H2,1H3/b9-2+/t20-,24+/m1/s1. The molecule has 8 heteroatoms. The molecule has 0 aromatic heterocycles. The summed E-state index contributed by atoms with van der Waals surface area (Å²) in [6, 6.07) is 18.1. The van der Waals surface area contributed by atoms with Crippen molar-refractivity contribution in [1.82, 2.24) is 4.90 Å². The summed E-state index contributed by atoms with van der Waals surface area (Å²) >= 11 is 1.44. The van der Waals surface area contributed by atoms with E-state index in [9.17, 15) is 14.4 Å². The maximum Gasteiger partial charge on any atom is 0.356 e. The number of thioether (sulfide) groups is 1. The van der Waals surface area contributed by atoms with Crippen LogP contribution in [0.1, 0.15) is 24.2 Å². The Morgan fingerprint density at radius 2 is 1.73 bits per heavy atom. The number of allylic oxidation sites excluding steroid dienone is 1. The van der Waals surface area contributed by atoms with Gasteiger partial charge in [-0.15, -0.1) is 11.8 Å². The van der Waals surface area contributed by atoms with E-state index in [1.54, 1.807) is 13.0 Å². The van der Waals surface area contributed by atoms with Crippen LogP contribution in [-0.2, 0) is 23.9 Å². The Hall–Kier alpha value is -3.36. The van der Waals surface area contributed by atoms with E-state index in [0.29, 0.717) is 11.3 Å². The van der Waals surface area contributed by atoms with Gasteiger partial charge in [0.1, 0.15) is 23.7 Å². The van der Waals surface area contributed by atoms with E-state index < -0.39 is 24.1 Å². The fraction of sp³-hybridized carbons (Fsp3) is 0.240. The van der Waals surface area contributed by atoms with Crippen LogP contribution in [0, 0.1) is 0 Å². The first-order valence-corrected chi connectivity index (χ1v) is 11.6. The highest BCUT2D eigenvalue weighted by molar-refractivity contribution is 8.00. The highest BCUT2D eigenvalue weighted by Crippen LogP contribution is 2.40. The number of carbonyl (C=O) groups is 3. The first-order valence-electron chi connectivity index (χ1n) is 10.5. The van der Waals surface area contributed by atoms with Crippen LogP contribution in [0.4, 0.5) is 0 Å². The molecule has 2 aliphatic rings. The quantitative estimate of drug-likeness (QED) is 0.382. The number of hydrogen-bond acceptors (Lipinski definition) is 7. The molecule has 2 aliphatic heterocycles. The fourth-order valence-electron chi connectivity index (χ4n) is 3.77. The molecule has 0 spiro atoms. The lowest BCUT2D eigenvalue weighted by Crippen LogP contribution is -2.68. The molecular weight excluding hydrogens is 440 g/mol. The molecule has 1 amide bonds. The zero-order chi connectivity index (χ0) is 23.4. The second-order valence-corrected chi connectivity index (χ2v) is 8.71. The summed E-state index contributed by atoms with van der Waals surface area (Å²) in [5, 5.41) is -0.345. The van der Waals surface area contributed by atoms with Gasteiger partial charge in [0.25, 0.3) is 0 Å². The van der Waals surface area contributed by atoms with Crippen molar-refractivity contribution in [3.63, 3.8) is 0 Å². The van der Waals surface area contributed by atoms with Crippen LogP contribution < -0.4 is 5.73 Å². The van der Waals surface area contributed by atoms with Gasteiger partial charge in [0.05, 0.1) is 0 Å². The Kier molecular flexibility index (Phi) is 6.96. The van der Waals surface area contributed by atoms with Gasteiger partial charge in [-0.25, -0.2) is 9.59 Å². The van der Waals surface area contributed by atoms with E-state index in [-0.39, 0.29) is 23.6 Å². The van der Waals surface area contributed by atoms with Gasteiger partial charge in [0.15, 0.2) is 6.10 Å². The topological polar surface area (TPSA) is 98.9 Å². The number of esters is 2. The van der Waals surface area contributed by atoms with E-state index >= 15 is 0 Å². The van der Waals surface area contributed by atoms with Gasteiger partial charge in [-0.3, -0.25) is 9.69 Å². The van der Waals surface area contributed by atoms with Crippen LogP contribution in [0.2, 0.25) is 0 Å². The lowest BCUT2D eigenvalue weighted by atomic mass is 10.0. The molecule has 1 saturated heterocycles. The zero-order valence-corrected chi connectivity index (χ0v) is 18.9. The number of hydrogen-bond donors (Lipinski definition) is 1. The van der Waals surface area contributed by atoms with E-state index in [1.807, 2.05) is 60.7 Å². The molecule has 0 radical (unpaired) electrons. The molecule has 0 aliphatic carbocycles. The second kappa shape index (κ2) is 10.1. The van der Waals surface area contributed by atoms with Crippen molar-refractivity contribution in [2.45, 2.75) is 24.4 Å². The molecule has 4 rings (SSSR count). The van der Waals surface area contributed by atoms with Gasteiger partial charge in [0, 0.05) is 17.4 Å². The Labute approximate surface area is 196 Å². The van der Waals surface area contributed by atoms with Crippen LogP contribution in [-0.4, -0.2) is 46.5 Å². The molecule has 1 fully saturated rings. The van der Waals surface area contributed by atoms with Crippen molar-refractivity contribution >= 4 is 29.6 Å². The summed E-state index contributed by atoms with van der Waals surface area (Å²) in [6.07, 6.45) is 2.19. The Morgan fingerprint density at radius 1 is 1.12 bits per heavy atom. The lowest BCUT2D eigenvalue weighted by molar-refractivity contribution is -0.153.